The Bertz CT molecular complexity index is 1720. The van der Waals surface area contributed by atoms with Crippen molar-refractivity contribution in [1.82, 2.24) is 4.90 Å². The number of hydrogen-bond donors (Lipinski definition) is 0. The first-order valence-electron chi connectivity index (χ1n) is 13.6. The molecule has 1 amide bonds. The van der Waals surface area contributed by atoms with Crippen molar-refractivity contribution in [2.45, 2.75) is 45.6 Å². The maximum Gasteiger partial charge on any atom is 0.416 e. The van der Waals surface area contributed by atoms with Crippen molar-refractivity contribution in [3.05, 3.63) is 112 Å². The fourth-order valence-corrected chi connectivity index (χ4v) is 5.68. The quantitative estimate of drug-likeness (QED) is 0.196. The van der Waals surface area contributed by atoms with E-state index in [-0.39, 0.29) is 17.9 Å². The summed E-state index contributed by atoms with van der Waals surface area (Å²) < 4.78 is 53.0. The fraction of sp³-hybridized carbons (Fsp3) is 0.235. The molecule has 0 radical (unpaired) electrons. The normalized spacial score (nSPS) is 16.7. The number of rotatable bonds is 7. The van der Waals surface area contributed by atoms with Gasteiger partial charge in [0, 0.05) is 16.1 Å². The van der Waals surface area contributed by atoms with Crippen LogP contribution in [-0.4, -0.2) is 29.9 Å². The molecule has 1 aliphatic rings. The molecule has 1 aliphatic heterocycles. The molecule has 5 nitrogen and oxygen atoms in total. The van der Waals surface area contributed by atoms with Gasteiger partial charge < -0.3 is 9.47 Å². The molecule has 4 aromatic rings. The summed E-state index contributed by atoms with van der Waals surface area (Å²) in [4.78, 5) is 26.4. The van der Waals surface area contributed by atoms with E-state index >= 15 is 0 Å². The number of benzene rings is 4. The van der Waals surface area contributed by atoms with Gasteiger partial charge in [-0.05, 0) is 96.6 Å². The SMILES string of the molecule is COc1ccc(-c2ccc(C(C)=O)cc2C)cc1-c1ccc(C(F)(F)F)cc1CN1C(=O)O[C@H](c2cccc(Cl)c2)[C@@H]1C. The summed E-state index contributed by atoms with van der Waals surface area (Å²) in [6.07, 6.45) is -5.86. The lowest BCUT2D eigenvalue weighted by Crippen LogP contribution is -2.31. The molecule has 9 heteroatoms. The van der Waals surface area contributed by atoms with Crippen molar-refractivity contribution in [3.8, 4) is 28.0 Å². The summed E-state index contributed by atoms with van der Waals surface area (Å²) in [5.74, 6) is 0.406. The number of carbonyl (C=O) groups is 2. The topological polar surface area (TPSA) is 55.8 Å². The number of methoxy groups -OCH3 is 1. The molecule has 4 aromatic carbocycles. The number of aryl methyl sites for hydroxylation is 1. The van der Waals surface area contributed by atoms with Gasteiger partial charge >= 0.3 is 12.3 Å². The maximum absolute atomic E-state index is 13.9. The molecule has 0 aliphatic carbocycles. The van der Waals surface area contributed by atoms with Crippen molar-refractivity contribution >= 4 is 23.5 Å². The number of nitrogens with zero attached hydrogens (tertiary/aromatic N) is 1. The van der Waals surface area contributed by atoms with Crippen molar-refractivity contribution in [2.24, 2.45) is 0 Å². The summed E-state index contributed by atoms with van der Waals surface area (Å²) in [6, 6.07) is 20.8. The van der Waals surface area contributed by atoms with E-state index in [1.807, 2.05) is 31.2 Å². The summed E-state index contributed by atoms with van der Waals surface area (Å²) in [7, 11) is 1.49. The summed E-state index contributed by atoms with van der Waals surface area (Å²) in [6.45, 7) is 5.06. The highest BCUT2D eigenvalue weighted by Crippen LogP contribution is 2.41. The van der Waals surface area contributed by atoms with Gasteiger partial charge in [-0.3, -0.25) is 9.69 Å². The van der Waals surface area contributed by atoms with Crippen LogP contribution in [0.15, 0.2) is 78.9 Å². The van der Waals surface area contributed by atoms with Crippen molar-refractivity contribution in [2.75, 3.05) is 7.11 Å². The number of alkyl halides is 3. The van der Waals surface area contributed by atoms with E-state index in [2.05, 4.69) is 0 Å². The molecular weight excluding hydrogens is 579 g/mol. The fourth-order valence-electron chi connectivity index (χ4n) is 5.48. The minimum Gasteiger partial charge on any atom is -0.496 e. The number of ketones is 1. The van der Waals surface area contributed by atoms with Gasteiger partial charge in [-0.1, -0.05) is 48.0 Å². The maximum atomic E-state index is 13.9. The smallest absolute Gasteiger partial charge is 0.416 e. The Kier molecular flexibility index (Phi) is 8.25. The van der Waals surface area contributed by atoms with E-state index in [9.17, 15) is 22.8 Å². The van der Waals surface area contributed by atoms with E-state index in [1.54, 1.807) is 43.3 Å². The molecule has 1 saturated heterocycles. The lowest BCUT2D eigenvalue weighted by Gasteiger charge is -2.24. The number of carbonyl (C=O) groups excluding carboxylic acids is 2. The van der Waals surface area contributed by atoms with Crippen molar-refractivity contribution in [3.63, 3.8) is 0 Å². The van der Waals surface area contributed by atoms with Gasteiger partial charge in [-0.25, -0.2) is 4.79 Å². The van der Waals surface area contributed by atoms with E-state index in [4.69, 9.17) is 21.1 Å². The predicted octanol–water partition coefficient (Wildman–Crippen LogP) is 9.29. The second-order valence-corrected chi connectivity index (χ2v) is 11.0. The van der Waals surface area contributed by atoms with Crippen LogP contribution >= 0.6 is 11.6 Å². The molecule has 0 aromatic heterocycles. The average molecular weight is 608 g/mol. The highest BCUT2D eigenvalue weighted by Gasteiger charge is 2.40. The Morgan fingerprint density at radius 2 is 1.72 bits per heavy atom. The molecule has 0 saturated carbocycles. The molecule has 0 spiro atoms. The van der Waals surface area contributed by atoms with E-state index in [0.29, 0.717) is 33.0 Å². The number of Topliss-reactive ketones (excluding diaryl/α,β-unsaturated/α-hetero) is 1. The molecule has 5 rings (SSSR count). The van der Waals surface area contributed by atoms with Gasteiger partial charge in [0.05, 0.1) is 25.3 Å². The van der Waals surface area contributed by atoms with Crippen molar-refractivity contribution in [1.29, 1.82) is 0 Å². The van der Waals surface area contributed by atoms with Crippen LogP contribution in [0, 0.1) is 6.92 Å². The molecule has 222 valence electrons. The second-order valence-electron chi connectivity index (χ2n) is 10.6. The van der Waals surface area contributed by atoms with Crippen LogP contribution in [0.5, 0.6) is 5.75 Å². The Hall–Kier alpha value is -4.30. The van der Waals surface area contributed by atoms with Crippen LogP contribution in [0.25, 0.3) is 22.3 Å². The number of cyclic esters (lactones) is 1. The summed E-state index contributed by atoms with van der Waals surface area (Å²) in [5.41, 5.74) is 4.31. The zero-order chi connectivity index (χ0) is 31.1. The molecule has 0 unspecified atom stereocenters. The van der Waals surface area contributed by atoms with Crippen LogP contribution in [0.3, 0.4) is 0 Å². The second kappa shape index (κ2) is 11.8. The number of hydrogen-bond acceptors (Lipinski definition) is 4. The first-order chi connectivity index (χ1) is 20.4. The van der Waals surface area contributed by atoms with Crippen molar-refractivity contribution < 1.29 is 32.2 Å². The third-order valence-corrected chi connectivity index (χ3v) is 8.01. The van der Waals surface area contributed by atoms with E-state index < -0.39 is 30.0 Å². The van der Waals surface area contributed by atoms with Crippen LogP contribution in [-0.2, 0) is 17.5 Å². The molecule has 2 atom stereocenters. The van der Waals surface area contributed by atoms with Crippen LogP contribution < -0.4 is 4.74 Å². The minimum atomic E-state index is -4.59. The Morgan fingerprint density at radius 3 is 2.37 bits per heavy atom. The highest BCUT2D eigenvalue weighted by atomic mass is 35.5. The zero-order valence-corrected chi connectivity index (χ0v) is 24.7. The van der Waals surface area contributed by atoms with Gasteiger partial charge in [0.2, 0.25) is 0 Å². The lowest BCUT2D eigenvalue weighted by atomic mass is 9.91. The number of halogens is 4. The third kappa shape index (κ3) is 6.11. The zero-order valence-electron chi connectivity index (χ0n) is 24.0. The molecule has 0 bridgehead atoms. The largest absolute Gasteiger partial charge is 0.496 e. The molecule has 43 heavy (non-hydrogen) atoms. The first kappa shape index (κ1) is 30.2. The Morgan fingerprint density at radius 1 is 0.977 bits per heavy atom. The van der Waals surface area contributed by atoms with Gasteiger partial charge in [0.1, 0.15) is 11.9 Å². The van der Waals surface area contributed by atoms with Gasteiger partial charge in [-0.2, -0.15) is 13.2 Å². The molecule has 0 N–H and O–H groups in total. The van der Waals surface area contributed by atoms with Gasteiger partial charge in [-0.15, -0.1) is 0 Å². The lowest BCUT2D eigenvalue weighted by molar-refractivity contribution is -0.137. The van der Waals surface area contributed by atoms with Gasteiger partial charge in [0.15, 0.2) is 5.78 Å². The summed E-state index contributed by atoms with van der Waals surface area (Å²) in [5, 5.41) is 0.484. The van der Waals surface area contributed by atoms with Crippen LogP contribution in [0.1, 0.15) is 52.6 Å². The molecular formula is C34H29ClF3NO4. The predicted molar refractivity (Wildman–Crippen MR) is 159 cm³/mol. The Balaban J connectivity index is 1.59. The molecule has 1 heterocycles. The van der Waals surface area contributed by atoms with E-state index in [0.717, 1.165) is 28.8 Å². The van der Waals surface area contributed by atoms with E-state index in [1.165, 1.54) is 25.0 Å². The summed E-state index contributed by atoms with van der Waals surface area (Å²) >= 11 is 6.15. The third-order valence-electron chi connectivity index (χ3n) is 7.78. The standard InChI is InChI=1S/C34H29ClF3NO4/c1-19-14-22(21(3)40)8-11-28(19)23-9-13-31(42-4)30(17-23)29-12-10-26(34(36,37)38)15-25(29)18-39-20(2)32(43-33(39)41)24-6-5-7-27(35)16-24/h5-17,20,32H,18H2,1-4H3/t20-,32-/m0/s1. The number of amides is 1. The van der Waals surface area contributed by atoms with Crippen LogP contribution in [0.2, 0.25) is 5.02 Å². The monoisotopic (exact) mass is 607 g/mol. The first-order valence-corrected chi connectivity index (χ1v) is 14.0. The Labute approximate surface area is 252 Å². The highest BCUT2D eigenvalue weighted by molar-refractivity contribution is 6.30. The number of ether oxygens (including phenoxy) is 2. The van der Waals surface area contributed by atoms with Crippen LogP contribution in [0.4, 0.5) is 18.0 Å². The average Bonchev–Trinajstić information content (AvgIpc) is 3.24. The van der Waals surface area contributed by atoms with Gasteiger partial charge in [0.25, 0.3) is 0 Å². The minimum absolute atomic E-state index is 0.0493. The molecule has 1 fully saturated rings.